The molecular weight excluding hydrogens is 324 g/mol. The van der Waals surface area contributed by atoms with Gasteiger partial charge in [-0.2, -0.15) is 0 Å². The van der Waals surface area contributed by atoms with E-state index in [1.807, 2.05) is 32.0 Å². The lowest BCUT2D eigenvalue weighted by molar-refractivity contribution is -0.148. The van der Waals surface area contributed by atoms with E-state index in [2.05, 4.69) is 0 Å². The van der Waals surface area contributed by atoms with E-state index >= 15 is 0 Å². The van der Waals surface area contributed by atoms with Gasteiger partial charge in [-0.25, -0.2) is 0 Å². The zero-order valence-electron chi connectivity index (χ0n) is 15.0. The summed E-state index contributed by atoms with van der Waals surface area (Å²) in [6, 6.07) is 5.84. The number of aryl methyl sites for hydroxylation is 1. The van der Waals surface area contributed by atoms with Crippen molar-refractivity contribution in [3.63, 3.8) is 0 Å². The highest BCUT2D eigenvalue weighted by molar-refractivity contribution is 5.77. The largest absolute Gasteiger partial charge is 0.490 e. The number of hydrogen-bond acceptors (Lipinski definition) is 4. The lowest BCUT2D eigenvalue weighted by Crippen LogP contribution is -2.17. The van der Waals surface area contributed by atoms with Gasteiger partial charge in [0.05, 0.1) is 25.6 Å². The molecule has 2 N–H and O–H groups in total. The molecule has 0 aliphatic heterocycles. The summed E-state index contributed by atoms with van der Waals surface area (Å²) in [7, 11) is 0. The molecule has 1 unspecified atom stereocenters. The molecule has 6 nitrogen and oxygen atoms in total. The van der Waals surface area contributed by atoms with Crippen LogP contribution in [0.4, 0.5) is 0 Å². The van der Waals surface area contributed by atoms with Gasteiger partial charge in [-0.15, -0.1) is 0 Å². The number of hydrogen-bond donors (Lipinski definition) is 2. The van der Waals surface area contributed by atoms with E-state index in [-0.39, 0.29) is 6.42 Å². The van der Waals surface area contributed by atoms with E-state index in [4.69, 9.17) is 19.7 Å². The van der Waals surface area contributed by atoms with E-state index in [1.54, 1.807) is 0 Å². The second kappa shape index (κ2) is 11.3. The molecule has 0 saturated carbocycles. The molecule has 25 heavy (non-hydrogen) atoms. The van der Waals surface area contributed by atoms with E-state index in [0.29, 0.717) is 26.1 Å². The van der Waals surface area contributed by atoms with Crippen molar-refractivity contribution < 1.29 is 29.3 Å². The van der Waals surface area contributed by atoms with Gasteiger partial charge in [0.15, 0.2) is 11.5 Å². The van der Waals surface area contributed by atoms with Crippen LogP contribution in [0, 0.1) is 5.92 Å². The molecular formula is C19H28O6. The normalized spacial score (nSPS) is 11.8. The average molecular weight is 352 g/mol. The third-order valence-corrected chi connectivity index (χ3v) is 3.92. The summed E-state index contributed by atoms with van der Waals surface area (Å²) in [6.07, 6.45) is 3.30. The highest BCUT2D eigenvalue weighted by Gasteiger charge is 2.20. The molecule has 1 aromatic rings. The number of carbonyl (C=O) groups is 2. The molecule has 0 heterocycles. The Morgan fingerprint density at radius 3 is 2.36 bits per heavy atom. The SMILES string of the molecule is CCOc1cccc(CCCCCC(CC(=O)O)C(=O)O)c1OCC. The van der Waals surface area contributed by atoms with Crippen LogP contribution in [0.3, 0.4) is 0 Å². The van der Waals surface area contributed by atoms with Crippen LogP contribution in [-0.2, 0) is 16.0 Å². The standard InChI is InChI=1S/C19H28O6/c1-3-24-16-12-8-11-14(18(16)25-4-2)9-6-5-7-10-15(19(22)23)13-17(20)21/h8,11-12,15H,3-7,9-10,13H2,1-2H3,(H,20,21)(H,22,23). The number of unbranched alkanes of at least 4 members (excludes halogenated alkanes) is 2. The van der Waals surface area contributed by atoms with Crippen LogP contribution in [0.15, 0.2) is 18.2 Å². The fourth-order valence-corrected chi connectivity index (χ4v) is 2.74. The molecule has 6 heteroatoms. The van der Waals surface area contributed by atoms with Crippen LogP contribution in [-0.4, -0.2) is 35.4 Å². The highest BCUT2D eigenvalue weighted by Crippen LogP contribution is 2.32. The maximum atomic E-state index is 11.0. The van der Waals surface area contributed by atoms with Crippen molar-refractivity contribution in [2.24, 2.45) is 5.92 Å². The van der Waals surface area contributed by atoms with Gasteiger partial charge in [-0.1, -0.05) is 25.0 Å². The Hall–Kier alpha value is -2.24. The van der Waals surface area contributed by atoms with E-state index in [1.165, 1.54) is 0 Å². The second-order valence-corrected chi connectivity index (χ2v) is 5.84. The molecule has 1 atom stereocenters. The molecule has 0 fully saturated rings. The van der Waals surface area contributed by atoms with Gasteiger partial charge in [0.25, 0.3) is 0 Å². The molecule has 0 aliphatic carbocycles. The zero-order chi connectivity index (χ0) is 18.7. The summed E-state index contributed by atoms with van der Waals surface area (Å²) in [5.41, 5.74) is 1.08. The first-order chi connectivity index (χ1) is 12.0. The van der Waals surface area contributed by atoms with Crippen molar-refractivity contribution in [1.82, 2.24) is 0 Å². The molecule has 1 aromatic carbocycles. The van der Waals surface area contributed by atoms with Crippen LogP contribution in [0.1, 0.15) is 51.5 Å². The molecule has 140 valence electrons. The summed E-state index contributed by atoms with van der Waals surface area (Å²) < 4.78 is 11.3. The lowest BCUT2D eigenvalue weighted by atomic mass is 9.97. The van der Waals surface area contributed by atoms with Crippen LogP contribution in [0.25, 0.3) is 0 Å². The topological polar surface area (TPSA) is 93.1 Å². The molecule has 0 bridgehead atoms. The van der Waals surface area contributed by atoms with Gasteiger partial charge < -0.3 is 19.7 Å². The van der Waals surface area contributed by atoms with Crippen molar-refractivity contribution in [1.29, 1.82) is 0 Å². The first-order valence-electron chi connectivity index (χ1n) is 8.81. The van der Waals surface area contributed by atoms with Crippen molar-refractivity contribution in [2.75, 3.05) is 13.2 Å². The van der Waals surface area contributed by atoms with E-state index in [9.17, 15) is 9.59 Å². The minimum absolute atomic E-state index is 0.319. The van der Waals surface area contributed by atoms with Gasteiger partial charge in [0, 0.05) is 0 Å². The van der Waals surface area contributed by atoms with Gasteiger partial charge in [0.1, 0.15) is 0 Å². The molecule has 0 spiro atoms. The summed E-state index contributed by atoms with van der Waals surface area (Å²) in [6.45, 7) is 5.00. The Bertz CT molecular complexity index is 555. The predicted molar refractivity (Wildman–Crippen MR) is 94.3 cm³/mol. The van der Waals surface area contributed by atoms with Crippen molar-refractivity contribution in [3.8, 4) is 11.5 Å². The number of benzene rings is 1. The molecule has 0 saturated heterocycles. The predicted octanol–water partition coefficient (Wildman–Crippen LogP) is 3.76. The Kier molecular flexibility index (Phi) is 9.43. The molecule has 0 radical (unpaired) electrons. The van der Waals surface area contributed by atoms with Gasteiger partial charge in [0.2, 0.25) is 0 Å². The Balaban J connectivity index is 2.51. The number of para-hydroxylation sites is 1. The zero-order valence-corrected chi connectivity index (χ0v) is 15.0. The minimum Gasteiger partial charge on any atom is -0.490 e. The van der Waals surface area contributed by atoms with Gasteiger partial charge in [-0.05, 0) is 44.7 Å². The van der Waals surface area contributed by atoms with E-state index in [0.717, 1.165) is 36.3 Å². The van der Waals surface area contributed by atoms with Crippen LogP contribution >= 0.6 is 0 Å². The summed E-state index contributed by atoms with van der Waals surface area (Å²) in [5, 5.41) is 17.8. The Morgan fingerprint density at radius 2 is 1.76 bits per heavy atom. The maximum absolute atomic E-state index is 11.0. The third kappa shape index (κ3) is 7.45. The number of carboxylic acid groups (broad SMARTS) is 2. The first kappa shape index (κ1) is 20.8. The quantitative estimate of drug-likeness (QED) is 0.525. The fourth-order valence-electron chi connectivity index (χ4n) is 2.74. The Morgan fingerprint density at radius 1 is 1.04 bits per heavy atom. The summed E-state index contributed by atoms with van der Waals surface area (Å²) >= 11 is 0. The number of aliphatic carboxylic acids is 2. The summed E-state index contributed by atoms with van der Waals surface area (Å²) in [4.78, 5) is 21.7. The fraction of sp³-hybridized carbons (Fsp3) is 0.579. The maximum Gasteiger partial charge on any atom is 0.307 e. The van der Waals surface area contributed by atoms with E-state index < -0.39 is 17.9 Å². The molecule has 0 amide bonds. The van der Waals surface area contributed by atoms with Crippen molar-refractivity contribution >= 4 is 11.9 Å². The number of ether oxygens (including phenoxy) is 2. The van der Waals surface area contributed by atoms with Crippen molar-refractivity contribution in [2.45, 2.75) is 52.4 Å². The molecule has 1 rings (SSSR count). The second-order valence-electron chi connectivity index (χ2n) is 5.84. The monoisotopic (exact) mass is 352 g/mol. The summed E-state index contributed by atoms with van der Waals surface area (Å²) in [5.74, 6) is -1.39. The van der Waals surface area contributed by atoms with Crippen LogP contribution < -0.4 is 9.47 Å². The smallest absolute Gasteiger partial charge is 0.307 e. The number of carboxylic acids is 2. The average Bonchev–Trinajstić information content (AvgIpc) is 2.55. The minimum atomic E-state index is -1.07. The number of rotatable bonds is 13. The first-order valence-corrected chi connectivity index (χ1v) is 8.81. The van der Waals surface area contributed by atoms with Crippen molar-refractivity contribution in [3.05, 3.63) is 23.8 Å². The molecule has 0 aliphatic rings. The van der Waals surface area contributed by atoms with Crippen LogP contribution in [0.5, 0.6) is 11.5 Å². The Labute approximate surface area is 148 Å². The molecule has 0 aromatic heterocycles. The van der Waals surface area contributed by atoms with Gasteiger partial charge in [-0.3, -0.25) is 9.59 Å². The lowest BCUT2D eigenvalue weighted by Gasteiger charge is -2.15. The third-order valence-electron chi connectivity index (χ3n) is 3.92. The van der Waals surface area contributed by atoms with Gasteiger partial charge >= 0.3 is 11.9 Å². The highest BCUT2D eigenvalue weighted by atomic mass is 16.5. The van der Waals surface area contributed by atoms with Crippen LogP contribution in [0.2, 0.25) is 0 Å².